The Morgan fingerprint density at radius 2 is 1.90 bits per heavy atom. The van der Waals surface area contributed by atoms with Crippen LogP contribution >= 0.6 is 0 Å². The molecule has 1 aliphatic carbocycles. The van der Waals surface area contributed by atoms with Crippen molar-refractivity contribution in [3.63, 3.8) is 0 Å². The second-order valence-corrected chi connectivity index (χ2v) is 6.04. The average Bonchev–Trinajstić information content (AvgIpc) is 3.30. The Morgan fingerprint density at radius 3 is 2.52 bits per heavy atom. The first-order chi connectivity index (χ1) is 10.2. The Labute approximate surface area is 125 Å². The minimum absolute atomic E-state index is 0.0673. The van der Waals surface area contributed by atoms with Gasteiger partial charge in [-0.1, -0.05) is 0 Å². The minimum atomic E-state index is -0.744. The number of carbonyl (C=O) groups excluding carboxylic acids is 1. The molecule has 2 N–H and O–H groups in total. The highest BCUT2D eigenvalue weighted by Crippen LogP contribution is 2.28. The maximum Gasteiger partial charge on any atom is 0.306 e. The number of carboxylic acids is 1. The van der Waals surface area contributed by atoms with E-state index in [1.54, 1.807) is 4.90 Å². The molecular weight excluding hydrogens is 272 g/mol. The summed E-state index contributed by atoms with van der Waals surface area (Å²) in [5.74, 6) is -0.164. The Bertz CT molecular complexity index is 350. The van der Waals surface area contributed by atoms with Gasteiger partial charge in [-0.3, -0.25) is 9.59 Å². The smallest absolute Gasteiger partial charge is 0.306 e. The lowest BCUT2D eigenvalue weighted by molar-refractivity contribution is -0.145. The fraction of sp³-hybridized carbons (Fsp3) is 0.867. The number of nitrogens with zero attached hydrogens (tertiary/aromatic N) is 1. The Kier molecular flexibility index (Phi) is 6.45. The maximum atomic E-state index is 11.9. The number of likely N-dealkylation sites (tertiary alicyclic amines) is 1. The standard InChI is InChI=1S/C15H26N2O4/c18-14(17-7-4-13(5-8-17)15(19)20)10-16-6-1-9-21-11-12-2-3-12/h12-13,16H,1-11H2,(H,19,20). The number of carboxylic acid groups (broad SMARTS) is 1. The van der Waals surface area contributed by atoms with E-state index < -0.39 is 5.97 Å². The molecule has 0 unspecified atom stereocenters. The number of piperidine rings is 1. The summed E-state index contributed by atoms with van der Waals surface area (Å²) in [6, 6.07) is 0. The fourth-order valence-corrected chi connectivity index (χ4v) is 2.52. The van der Waals surface area contributed by atoms with Gasteiger partial charge in [0.2, 0.25) is 5.91 Å². The quantitative estimate of drug-likeness (QED) is 0.613. The van der Waals surface area contributed by atoms with Gasteiger partial charge >= 0.3 is 5.97 Å². The van der Waals surface area contributed by atoms with Crippen LogP contribution in [0.25, 0.3) is 0 Å². The van der Waals surface area contributed by atoms with E-state index in [1.807, 2.05) is 0 Å². The highest BCUT2D eigenvalue weighted by Gasteiger charge is 2.26. The zero-order chi connectivity index (χ0) is 15.1. The monoisotopic (exact) mass is 298 g/mol. The largest absolute Gasteiger partial charge is 0.481 e. The van der Waals surface area contributed by atoms with Crippen LogP contribution < -0.4 is 5.32 Å². The van der Waals surface area contributed by atoms with Crippen molar-refractivity contribution in [1.29, 1.82) is 0 Å². The van der Waals surface area contributed by atoms with Crippen LogP contribution in [-0.4, -0.2) is 61.3 Å². The third-order valence-corrected chi connectivity index (χ3v) is 4.17. The molecule has 1 saturated heterocycles. The van der Waals surface area contributed by atoms with Gasteiger partial charge in [0, 0.05) is 26.3 Å². The number of carbonyl (C=O) groups is 2. The molecule has 6 heteroatoms. The van der Waals surface area contributed by atoms with Crippen molar-refractivity contribution < 1.29 is 19.4 Å². The first-order valence-electron chi connectivity index (χ1n) is 7.96. The Hall–Kier alpha value is -1.14. The van der Waals surface area contributed by atoms with Crippen molar-refractivity contribution in [2.24, 2.45) is 11.8 Å². The van der Waals surface area contributed by atoms with Crippen LogP contribution in [0, 0.1) is 11.8 Å². The highest BCUT2D eigenvalue weighted by molar-refractivity contribution is 5.78. The van der Waals surface area contributed by atoms with Crippen molar-refractivity contribution in [3.8, 4) is 0 Å². The van der Waals surface area contributed by atoms with Crippen LogP contribution in [0.4, 0.5) is 0 Å². The molecular formula is C15H26N2O4. The van der Waals surface area contributed by atoms with Crippen molar-refractivity contribution in [1.82, 2.24) is 10.2 Å². The van der Waals surface area contributed by atoms with Crippen molar-refractivity contribution >= 4 is 11.9 Å². The van der Waals surface area contributed by atoms with Gasteiger partial charge in [0.25, 0.3) is 0 Å². The lowest BCUT2D eigenvalue weighted by Gasteiger charge is -2.30. The van der Waals surface area contributed by atoms with Gasteiger partial charge in [0.05, 0.1) is 12.5 Å². The third kappa shape index (κ3) is 6.01. The zero-order valence-corrected chi connectivity index (χ0v) is 12.6. The SMILES string of the molecule is O=C(O)C1CCN(C(=O)CNCCCOCC2CC2)CC1. The molecule has 0 bridgehead atoms. The fourth-order valence-electron chi connectivity index (χ4n) is 2.52. The summed E-state index contributed by atoms with van der Waals surface area (Å²) in [7, 11) is 0. The van der Waals surface area contributed by atoms with Crippen molar-refractivity contribution in [2.45, 2.75) is 32.1 Å². The molecule has 1 amide bonds. The van der Waals surface area contributed by atoms with Crippen LogP contribution in [0.15, 0.2) is 0 Å². The van der Waals surface area contributed by atoms with Gasteiger partial charge < -0.3 is 20.1 Å². The number of rotatable bonds is 9. The summed E-state index contributed by atoms with van der Waals surface area (Å²) in [6.45, 7) is 3.87. The van der Waals surface area contributed by atoms with Crippen molar-refractivity contribution in [3.05, 3.63) is 0 Å². The van der Waals surface area contributed by atoms with Crippen LogP contribution in [0.1, 0.15) is 32.1 Å². The van der Waals surface area contributed by atoms with E-state index in [2.05, 4.69) is 5.32 Å². The van der Waals surface area contributed by atoms with Gasteiger partial charge in [-0.15, -0.1) is 0 Å². The highest BCUT2D eigenvalue weighted by atomic mass is 16.5. The molecule has 1 saturated carbocycles. The number of nitrogens with one attached hydrogen (secondary N) is 1. The van der Waals surface area contributed by atoms with Gasteiger partial charge in [-0.05, 0) is 44.6 Å². The molecule has 0 aromatic carbocycles. The second kappa shape index (κ2) is 8.34. The second-order valence-electron chi connectivity index (χ2n) is 6.04. The average molecular weight is 298 g/mol. The van der Waals surface area contributed by atoms with E-state index in [4.69, 9.17) is 9.84 Å². The molecule has 0 aromatic heterocycles. The van der Waals surface area contributed by atoms with Gasteiger partial charge in [0.1, 0.15) is 0 Å². The first-order valence-corrected chi connectivity index (χ1v) is 7.96. The normalized spacial score (nSPS) is 19.7. The van der Waals surface area contributed by atoms with E-state index >= 15 is 0 Å². The zero-order valence-electron chi connectivity index (χ0n) is 12.6. The molecule has 1 aliphatic heterocycles. The van der Waals surface area contributed by atoms with E-state index in [1.165, 1.54) is 12.8 Å². The molecule has 0 spiro atoms. The first kappa shape index (κ1) is 16.2. The minimum Gasteiger partial charge on any atom is -0.481 e. The molecule has 2 aliphatic rings. The third-order valence-electron chi connectivity index (χ3n) is 4.17. The molecule has 1 heterocycles. The molecule has 0 atom stereocenters. The summed E-state index contributed by atoms with van der Waals surface area (Å²) in [6.07, 6.45) is 4.67. The number of aliphatic carboxylic acids is 1. The van der Waals surface area contributed by atoms with E-state index in [0.717, 1.165) is 32.1 Å². The van der Waals surface area contributed by atoms with Gasteiger partial charge in [0.15, 0.2) is 0 Å². The van der Waals surface area contributed by atoms with E-state index in [9.17, 15) is 9.59 Å². The lowest BCUT2D eigenvalue weighted by atomic mass is 9.97. The summed E-state index contributed by atoms with van der Waals surface area (Å²) in [5, 5.41) is 12.1. The van der Waals surface area contributed by atoms with Gasteiger partial charge in [-0.2, -0.15) is 0 Å². The molecule has 2 rings (SSSR count). The number of hydrogen-bond donors (Lipinski definition) is 2. The van der Waals surface area contributed by atoms with Crippen LogP contribution in [0.2, 0.25) is 0 Å². The molecule has 21 heavy (non-hydrogen) atoms. The van der Waals surface area contributed by atoms with Gasteiger partial charge in [-0.25, -0.2) is 0 Å². The Balaban J connectivity index is 1.46. The maximum absolute atomic E-state index is 11.9. The van der Waals surface area contributed by atoms with Crippen LogP contribution in [-0.2, 0) is 14.3 Å². The van der Waals surface area contributed by atoms with Crippen LogP contribution in [0.5, 0.6) is 0 Å². The Morgan fingerprint density at radius 1 is 1.19 bits per heavy atom. The summed E-state index contributed by atoms with van der Waals surface area (Å²) < 4.78 is 5.52. The summed E-state index contributed by atoms with van der Waals surface area (Å²) in [5.41, 5.74) is 0. The predicted octanol–water partition coefficient (Wildman–Crippen LogP) is 0.716. The number of ether oxygens (including phenoxy) is 1. The van der Waals surface area contributed by atoms with E-state index in [-0.39, 0.29) is 11.8 Å². The van der Waals surface area contributed by atoms with Crippen LogP contribution in [0.3, 0.4) is 0 Å². The molecule has 0 radical (unpaired) electrons. The summed E-state index contributed by atoms with van der Waals surface area (Å²) in [4.78, 5) is 24.6. The van der Waals surface area contributed by atoms with E-state index in [0.29, 0.717) is 32.5 Å². The molecule has 120 valence electrons. The molecule has 2 fully saturated rings. The number of hydrogen-bond acceptors (Lipinski definition) is 4. The topological polar surface area (TPSA) is 78.9 Å². The number of amides is 1. The molecule has 6 nitrogen and oxygen atoms in total. The lowest BCUT2D eigenvalue weighted by Crippen LogP contribution is -2.44. The van der Waals surface area contributed by atoms with Crippen molar-refractivity contribution in [2.75, 3.05) is 39.4 Å². The molecule has 0 aromatic rings. The predicted molar refractivity (Wildman–Crippen MR) is 78.0 cm³/mol. The summed E-state index contributed by atoms with van der Waals surface area (Å²) >= 11 is 0.